The Hall–Kier alpha value is -0.890. The molecule has 1 fully saturated rings. The highest BCUT2D eigenvalue weighted by molar-refractivity contribution is 7.88. The molecule has 0 spiro atoms. The first-order chi connectivity index (χ1) is 9.41. The van der Waals surface area contributed by atoms with E-state index in [1.54, 1.807) is 6.20 Å². The van der Waals surface area contributed by atoms with Gasteiger partial charge in [0.1, 0.15) is 5.82 Å². The lowest BCUT2D eigenvalue weighted by Gasteiger charge is -2.34. The van der Waals surface area contributed by atoms with Crippen molar-refractivity contribution in [3.8, 4) is 0 Å². The smallest absolute Gasteiger partial charge is 0.211 e. The number of anilines is 1. The molecule has 0 radical (unpaired) electrons. The van der Waals surface area contributed by atoms with Gasteiger partial charge in [-0.05, 0) is 18.7 Å². The molecule has 1 aliphatic heterocycles. The molecule has 20 heavy (non-hydrogen) atoms. The Labute approximate surface area is 124 Å². The second kappa shape index (κ2) is 6.26. The number of piperazine rings is 1. The summed E-state index contributed by atoms with van der Waals surface area (Å²) in [5, 5.41) is 3.70. The minimum Gasteiger partial charge on any atom is -0.354 e. The Bertz CT molecular complexity index is 571. The molecule has 0 aromatic carbocycles. The molecule has 0 unspecified atom stereocenters. The maximum Gasteiger partial charge on any atom is 0.211 e. The summed E-state index contributed by atoms with van der Waals surface area (Å²) in [6, 6.07) is 1.95. The van der Waals surface area contributed by atoms with E-state index in [1.807, 2.05) is 13.1 Å². The van der Waals surface area contributed by atoms with E-state index in [0.717, 1.165) is 11.4 Å². The van der Waals surface area contributed by atoms with Gasteiger partial charge in [-0.2, -0.15) is 4.31 Å². The van der Waals surface area contributed by atoms with Crippen molar-refractivity contribution in [3.63, 3.8) is 0 Å². The number of hydrogen-bond acceptors (Lipinski definition) is 5. The van der Waals surface area contributed by atoms with Crippen molar-refractivity contribution < 1.29 is 8.42 Å². The summed E-state index contributed by atoms with van der Waals surface area (Å²) in [4.78, 5) is 6.41. The van der Waals surface area contributed by atoms with Gasteiger partial charge in [0.15, 0.2) is 0 Å². The van der Waals surface area contributed by atoms with Gasteiger partial charge >= 0.3 is 0 Å². The minimum absolute atomic E-state index is 0.491. The number of rotatable bonds is 4. The lowest BCUT2D eigenvalue weighted by atomic mass is 10.2. The van der Waals surface area contributed by atoms with Gasteiger partial charge in [0.2, 0.25) is 10.0 Å². The summed E-state index contributed by atoms with van der Waals surface area (Å²) in [5.41, 5.74) is 0.990. The largest absolute Gasteiger partial charge is 0.354 e. The predicted molar refractivity (Wildman–Crippen MR) is 80.6 cm³/mol. The molecule has 1 aromatic rings. The standard InChI is InChI=1S/C12H19ClN4O2S/c1-14-8-10-7-12(15-9-11(10)13)16-3-5-17(6-4-16)20(2,18)19/h7,9,14H,3-6,8H2,1-2H3. The monoisotopic (exact) mass is 318 g/mol. The molecule has 0 bridgehead atoms. The van der Waals surface area contributed by atoms with Crippen LogP contribution in [0.2, 0.25) is 5.02 Å². The Balaban J connectivity index is 2.09. The van der Waals surface area contributed by atoms with Gasteiger partial charge in [0.05, 0.1) is 11.3 Å². The van der Waals surface area contributed by atoms with Crippen molar-refractivity contribution >= 4 is 27.4 Å². The lowest BCUT2D eigenvalue weighted by molar-refractivity contribution is 0.387. The molecule has 1 saturated heterocycles. The average molecular weight is 319 g/mol. The molecule has 0 atom stereocenters. The molecule has 0 saturated carbocycles. The maximum absolute atomic E-state index is 11.5. The number of nitrogens with zero attached hydrogens (tertiary/aromatic N) is 3. The number of pyridine rings is 1. The summed E-state index contributed by atoms with van der Waals surface area (Å²) >= 11 is 6.09. The van der Waals surface area contributed by atoms with Gasteiger partial charge in [-0.25, -0.2) is 13.4 Å². The zero-order valence-electron chi connectivity index (χ0n) is 11.6. The molecule has 112 valence electrons. The number of hydrogen-bond donors (Lipinski definition) is 1. The summed E-state index contributed by atoms with van der Waals surface area (Å²) in [6.45, 7) is 2.94. The van der Waals surface area contributed by atoms with E-state index in [0.29, 0.717) is 37.7 Å². The van der Waals surface area contributed by atoms with Crippen LogP contribution in [-0.2, 0) is 16.6 Å². The van der Waals surface area contributed by atoms with Crippen LogP contribution in [0, 0.1) is 0 Å². The highest BCUT2D eigenvalue weighted by Gasteiger charge is 2.24. The number of sulfonamides is 1. The molecule has 1 N–H and O–H groups in total. The van der Waals surface area contributed by atoms with Crippen molar-refractivity contribution in [2.24, 2.45) is 0 Å². The van der Waals surface area contributed by atoms with Crippen LogP contribution in [0.1, 0.15) is 5.56 Å². The SMILES string of the molecule is CNCc1cc(N2CCN(S(C)(=O)=O)CC2)ncc1Cl. The quantitative estimate of drug-likeness (QED) is 0.877. The van der Waals surface area contributed by atoms with Crippen LogP contribution in [0.4, 0.5) is 5.82 Å². The third kappa shape index (κ3) is 3.60. The van der Waals surface area contributed by atoms with Gasteiger partial charge in [0, 0.05) is 38.9 Å². The fraction of sp³-hybridized carbons (Fsp3) is 0.583. The van der Waals surface area contributed by atoms with Crippen molar-refractivity contribution in [1.29, 1.82) is 0 Å². The summed E-state index contributed by atoms with van der Waals surface area (Å²) < 4.78 is 24.5. The molecule has 0 amide bonds. The highest BCUT2D eigenvalue weighted by Crippen LogP contribution is 2.21. The molecular formula is C12H19ClN4O2S. The first-order valence-electron chi connectivity index (χ1n) is 6.41. The van der Waals surface area contributed by atoms with Gasteiger partial charge in [-0.15, -0.1) is 0 Å². The maximum atomic E-state index is 11.5. The van der Waals surface area contributed by atoms with Crippen LogP contribution < -0.4 is 10.2 Å². The summed E-state index contributed by atoms with van der Waals surface area (Å²) in [7, 11) is -1.24. The fourth-order valence-electron chi connectivity index (χ4n) is 2.22. The van der Waals surface area contributed by atoms with Gasteiger partial charge in [-0.3, -0.25) is 0 Å². The molecule has 0 aliphatic carbocycles. The van der Waals surface area contributed by atoms with Crippen LogP contribution in [0.15, 0.2) is 12.3 Å². The molecule has 1 aliphatic rings. The van der Waals surface area contributed by atoms with Crippen LogP contribution in [-0.4, -0.2) is 57.2 Å². The number of halogens is 1. The predicted octanol–water partition coefficient (Wildman–Crippen LogP) is 0.536. The Morgan fingerprint density at radius 3 is 2.55 bits per heavy atom. The molecule has 1 aromatic heterocycles. The van der Waals surface area contributed by atoms with E-state index < -0.39 is 10.0 Å². The molecule has 2 heterocycles. The second-order valence-electron chi connectivity index (χ2n) is 4.81. The first-order valence-corrected chi connectivity index (χ1v) is 8.63. The first kappa shape index (κ1) is 15.5. The van der Waals surface area contributed by atoms with Crippen molar-refractivity contribution in [2.75, 3.05) is 44.4 Å². The second-order valence-corrected chi connectivity index (χ2v) is 7.20. The fourth-order valence-corrected chi connectivity index (χ4v) is 3.21. The number of aromatic nitrogens is 1. The van der Waals surface area contributed by atoms with Crippen molar-refractivity contribution in [1.82, 2.24) is 14.6 Å². The van der Waals surface area contributed by atoms with Crippen LogP contribution in [0.5, 0.6) is 0 Å². The van der Waals surface area contributed by atoms with E-state index in [-0.39, 0.29) is 0 Å². The van der Waals surface area contributed by atoms with Crippen LogP contribution >= 0.6 is 11.6 Å². The molecular weight excluding hydrogens is 300 g/mol. The van der Waals surface area contributed by atoms with Crippen molar-refractivity contribution in [3.05, 3.63) is 22.8 Å². The van der Waals surface area contributed by atoms with Gasteiger partial charge in [0.25, 0.3) is 0 Å². The average Bonchev–Trinajstić information content (AvgIpc) is 2.41. The zero-order chi connectivity index (χ0) is 14.8. The van der Waals surface area contributed by atoms with E-state index in [4.69, 9.17) is 11.6 Å². The Kier molecular flexibility index (Phi) is 4.85. The topological polar surface area (TPSA) is 65.5 Å². The third-order valence-corrected chi connectivity index (χ3v) is 4.96. The van der Waals surface area contributed by atoms with Crippen LogP contribution in [0.3, 0.4) is 0 Å². The van der Waals surface area contributed by atoms with Gasteiger partial charge < -0.3 is 10.2 Å². The van der Waals surface area contributed by atoms with Crippen LogP contribution in [0.25, 0.3) is 0 Å². The number of nitrogens with one attached hydrogen (secondary N) is 1. The summed E-state index contributed by atoms with van der Waals surface area (Å²) in [6.07, 6.45) is 2.89. The normalized spacial score (nSPS) is 17.4. The molecule has 2 rings (SSSR count). The highest BCUT2D eigenvalue weighted by atomic mass is 35.5. The Morgan fingerprint density at radius 2 is 2.00 bits per heavy atom. The zero-order valence-corrected chi connectivity index (χ0v) is 13.2. The van der Waals surface area contributed by atoms with E-state index in [1.165, 1.54) is 10.6 Å². The summed E-state index contributed by atoms with van der Waals surface area (Å²) in [5.74, 6) is 0.841. The molecule has 6 nitrogen and oxygen atoms in total. The minimum atomic E-state index is -3.10. The van der Waals surface area contributed by atoms with E-state index in [9.17, 15) is 8.42 Å². The van der Waals surface area contributed by atoms with E-state index in [2.05, 4.69) is 15.2 Å². The Morgan fingerprint density at radius 1 is 1.35 bits per heavy atom. The third-order valence-electron chi connectivity index (χ3n) is 3.32. The van der Waals surface area contributed by atoms with Gasteiger partial charge in [-0.1, -0.05) is 11.6 Å². The van der Waals surface area contributed by atoms with E-state index >= 15 is 0 Å². The molecule has 8 heteroatoms. The lowest BCUT2D eigenvalue weighted by Crippen LogP contribution is -2.48. The van der Waals surface area contributed by atoms with Crippen molar-refractivity contribution in [2.45, 2.75) is 6.54 Å².